The fraction of sp³-hybridized carbons (Fsp3) is 0.280. The lowest BCUT2D eigenvalue weighted by Crippen LogP contribution is -2.44. The molecule has 0 radical (unpaired) electrons. The first-order valence-corrected chi connectivity index (χ1v) is 11.8. The SMILES string of the molecule is CN1CCN(c2ccc(-c3ccn4c(C5=CC=NC6C=CSC56)cnc4c3)cc2)CC1. The number of pyridine rings is 1. The molecule has 2 aromatic heterocycles. The van der Waals surface area contributed by atoms with E-state index < -0.39 is 0 Å². The number of rotatable bonds is 3. The first kappa shape index (κ1) is 18.9. The van der Waals surface area contributed by atoms with Crippen molar-refractivity contribution < 1.29 is 0 Å². The Kier molecular flexibility index (Phi) is 4.69. The number of nitrogens with zero attached hydrogens (tertiary/aromatic N) is 5. The van der Waals surface area contributed by atoms with E-state index >= 15 is 0 Å². The van der Waals surface area contributed by atoms with Crippen LogP contribution in [0.2, 0.25) is 0 Å². The molecule has 1 fully saturated rings. The van der Waals surface area contributed by atoms with Gasteiger partial charge < -0.3 is 9.80 Å². The van der Waals surface area contributed by atoms with Gasteiger partial charge in [0.2, 0.25) is 0 Å². The third-order valence-electron chi connectivity index (χ3n) is 6.51. The van der Waals surface area contributed by atoms with Crippen molar-refractivity contribution in [3.63, 3.8) is 0 Å². The fourth-order valence-corrected chi connectivity index (χ4v) is 5.72. The summed E-state index contributed by atoms with van der Waals surface area (Å²) < 4.78 is 2.20. The van der Waals surface area contributed by atoms with Gasteiger partial charge in [0.1, 0.15) is 5.65 Å². The van der Waals surface area contributed by atoms with Crippen molar-refractivity contribution >= 4 is 34.9 Å². The number of thioether (sulfide) groups is 1. The van der Waals surface area contributed by atoms with Gasteiger partial charge in [-0.2, -0.15) is 0 Å². The van der Waals surface area contributed by atoms with Gasteiger partial charge in [-0.05, 0) is 59.5 Å². The molecule has 0 bridgehead atoms. The van der Waals surface area contributed by atoms with Crippen LogP contribution >= 0.6 is 11.8 Å². The molecular formula is C25H25N5S. The Bertz CT molecular complexity index is 1200. The molecule has 3 aliphatic heterocycles. The number of hydrogen-bond donors (Lipinski definition) is 0. The van der Waals surface area contributed by atoms with Crippen molar-refractivity contribution in [2.24, 2.45) is 4.99 Å². The highest BCUT2D eigenvalue weighted by molar-refractivity contribution is 8.03. The van der Waals surface area contributed by atoms with Crippen molar-refractivity contribution in [2.45, 2.75) is 11.3 Å². The average molecular weight is 428 g/mol. The summed E-state index contributed by atoms with van der Waals surface area (Å²) in [6.07, 6.45) is 10.4. The number of imidazole rings is 1. The summed E-state index contributed by atoms with van der Waals surface area (Å²) in [7, 11) is 2.19. The fourth-order valence-electron chi connectivity index (χ4n) is 4.63. The Labute approximate surface area is 186 Å². The van der Waals surface area contributed by atoms with Crippen molar-refractivity contribution in [2.75, 3.05) is 38.1 Å². The molecule has 2 atom stereocenters. The molecule has 0 N–H and O–H groups in total. The van der Waals surface area contributed by atoms with E-state index in [2.05, 4.69) is 86.4 Å². The van der Waals surface area contributed by atoms with E-state index in [0.717, 1.165) is 37.5 Å². The zero-order chi connectivity index (χ0) is 20.8. The minimum Gasteiger partial charge on any atom is -0.369 e. The van der Waals surface area contributed by atoms with E-state index in [1.807, 2.05) is 24.2 Å². The summed E-state index contributed by atoms with van der Waals surface area (Å²) in [4.78, 5) is 14.2. The Hall–Kier alpha value is -2.83. The Balaban J connectivity index is 1.27. The minimum absolute atomic E-state index is 0.244. The van der Waals surface area contributed by atoms with Gasteiger partial charge in [0.15, 0.2) is 0 Å². The van der Waals surface area contributed by atoms with E-state index in [9.17, 15) is 0 Å². The summed E-state index contributed by atoms with van der Waals surface area (Å²) >= 11 is 1.84. The molecule has 31 heavy (non-hydrogen) atoms. The average Bonchev–Trinajstić information content (AvgIpc) is 3.46. The van der Waals surface area contributed by atoms with Gasteiger partial charge in [-0.1, -0.05) is 18.2 Å². The maximum Gasteiger partial charge on any atom is 0.137 e. The van der Waals surface area contributed by atoms with Crippen molar-refractivity contribution in [1.82, 2.24) is 14.3 Å². The number of fused-ring (bicyclic) bond motifs is 2. The standard InChI is InChI=1S/C25H25N5S/c1-28-11-13-29(14-12-28)20-4-2-18(3-5-20)19-7-10-30-23(17-27-24(30)16-19)21-6-9-26-22-8-15-31-25(21)22/h2-10,15-17,22,25H,11-14H2,1H3. The first-order chi connectivity index (χ1) is 15.3. The second-order valence-electron chi connectivity index (χ2n) is 8.42. The second-order valence-corrected chi connectivity index (χ2v) is 9.47. The number of piperazine rings is 1. The van der Waals surface area contributed by atoms with Crippen LogP contribution < -0.4 is 4.90 Å². The quantitative estimate of drug-likeness (QED) is 0.627. The Morgan fingerprint density at radius 1 is 1.00 bits per heavy atom. The lowest BCUT2D eigenvalue weighted by atomic mass is 10.0. The van der Waals surface area contributed by atoms with Crippen molar-refractivity contribution in [3.8, 4) is 11.1 Å². The van der Waals surface area contributed by atoms with Gasteiger partial charge in [-0.25, -0.2) is 4.98 Å². The van der Waals surface area contributed by atoms with Gasteiger partial charge >= 0.3 is 0 Å². The number of allylic oxidation sites excluding steroid dienone is 1. The van der Waals surface area contributed by atoms with Crippen LogP contribution in [0.5, 0.6) is 0 Å². The van der Waals surface area contributed by atoms with Gasteiger partial charge in [-0.3, -0.25) is 9.39 Å². The van der Waals surface area contributed by atoms with Gasteiger partial charge in [0.05, 0.1) is 23.2 Å². The smallest absolute Gasteiger partial charge is 0.137 e. The molecule has 0 saturated carbocycles. The topological polar surface area (TPSA) is 36.1 Å². The number of hydrogen-bond acceptors (Lipinski definition) is 5. The normalized spacial score (nSPS) is 23.4. The summed E-state index contributed by atoms with van der Waals surface area (Å²) in [5.41, 5.74) is 7.17. The molecule has 1 aromatic carbocycles. The van der Waals surface area contributed by atoms with Crippen LogP contribution in [0.1, 0.15) is 5.69 Å². The second kappa shape index (κ2) is 7.70. The lowest BCUT2D eigenvalue weighted by Gasteiger charge is -2.34. The summed E-state index contributed by atoms with van der Waals surface area (Å²) in [6, 6.07) is 13.6. The van der Waals surface area contributed by atoms with Crippen molar-refractivity contribution in [1.29, 1.82) is 0 Å². The minimum atomic E-state index is 0.244. The maximum atomic E-state index is 4.73. The summed E-state index contributed by atoms with van der Waals surface area (Å²) in [6.45, 7) is 4.43. The lowest BCUT2D eigenvalue weighted by molar-refractivity contribution is 0.313. The van der Waals surface area contributed by atoms with Crippen LogP contribution in [0.4, 0.5) is 5.69 Å². The number of anilines is 1. The third-order valence-corrected chi connectivity index (χ3v) is 7.65. The van der Waals surface area contributed by atoms with E-state index in [-0.39, 0.29) is 6.04 Å². The predicted octanol–water partition coefficient (Wildman–Crippen LogP) is 4.22. The van der Waals surface area contributed by atoms with Crippen molar-refractivity contribution in [3.05, 3.63) is 72.0 Å². The highest BCUT2D eigenvalue weighted by atomic mass is 32.2. The molecule has 6 rings (SSSR count). The molecule has 156 valence electrons. The van der Waals surface area contributed by atoms with Crippen LogP contribution in [0.3, 0.4) is 0 Å². The molecule has 1 saturated heterocycles. The largest absolute Gasteiger partial charge is 0.369 e. The third kappa shape index (κ3) is 3.40. The highest BCUT2D eigenvalue weighted by Gasteiger charge is 2.30. The number of dihydropyridines is 1. The number of aliphatic imine (C=N–C) groups is 1. The molecule has 6 heteroatoms. The Morgan fingerprint density at radius 3 is 2.68 bits per heavy atom. The van der Waals surface area contributed by atoms with Gasteiger partial charge in [0.25, 0.3) is 0 Å². The predicted molar refractivity (Wildman–Crippen MR) is 131 cm³/mol. The molecule has 3 aliphatic rings. The zero-order valence-corrected chi connectivity index (χ0v) is 18.4. The molecule has 2 unspecified atom stereocenters. The number of likely N-dealkylation sites (N-methyl/N-ethyl adjacent to an activating group) is 1. The summed E-state index contributed by atoms with van der Waals surface area (Å²) in [5, 5.41) is 2.52. The van der Waals surface area contributed by atoms with Crippen LogP contribution in [-0.4, -0.2) is 65.0 Å². The van der Waals surface area contributed by atoms with E-state index in [1.165, 1.54) is 22.4 Å². The maximum absolute atomic E-state index is 4.73. The summed E-state index contributed by atoms with van der Waals surface area (Å²) in [5.74, 6) is 0. The van der Waals surface area contributed by atoms with Gasteiger partial charge in [-0.15, -0.1) is 11.8 Å². The van der Waals surface area contributed by atoms with E-state index in [1.54, 1.807) is 0 Å². The highest BCUT2D eigenvalue weighted by Crippen LogP contribution is 2.39. The van der Waals surface area contributed by atoms with Gasteiger partial charge in [0, 0.05) is 44.3 Å². The molecule has 3 aromatic rings. The molecule has 5 heterocycles. The zero-order valence-electron chi connectivity index (χ0n) is 17.6. The molecule has 5 nitrogen and oxygen atoms in total. The Morgan fingerprint density at radius 2 is 1.84 bits per heavy atom. The molecule has 0 spiro atoms. The van der Waals surface area contributed by atoms with Crippen LogP contribution in [0.25, 0.3) is 22.3 Å². The van der Waals surface area contributed by atoms with Crippen LogP contribution in [0, 0.1) is 0 Å². The first-order valence-electron chi connectivity index (χ1n) is 10.8. The van der Waals surface area contributed by atoms with Crippen LogP contribution in [-0.2, 0) is 0 Å². The number of aromatic nitrogens is 2. The van der Waals surface area contributed by atoms with Crippen LogP contribution in [0.15, 0.2) is 71.3 Å². The monoisotopic (exact) mass is 427 g/mol. The molecule has 0 amide bonds. The van der Waals surface area contributed by atoms with E-state index in [4.69, 9.17) is 4.98 Å². The molecule has 0 aliphatic carbocycles. The number of benzene rings is 1. The molecular weight excluding hydrogens is 402 g/mol. The van der Waals surface area contributed by atoms with E-state index in [0.29, 0.717) is 5.25 Å².